The fourth-order valence-corrected chi connectivity index (χ4v) is 1.84. The highest BCUT2D eigenvalue weighted by Gasteiger charge is 2.03. The fourth-order valence-electron chi connectivity index (χ4n) is 1.84. The van der Waals surface area contributed by atoms with Crippen LogP contribution in [0.4, 0.5) is 5.69 Å². The van der Waals surface area contributed by atoms with Gasteiger partial charge < -0.3 is 14.8 Å². The first-order valence-corrected chi connectivity index (χ1v) is 6.49. The van der Waals surface area contributed by atoms with Crippen molar-refractivity contribution in [1.29, 1.82) is 0 Å². The Labute approximate surface area is 124 Å². The molecule has 0 aliphatic rings. The summed E-state index contributed by atoms with van der Waals surface area (Å²) in [4.78, 5) is 12.0. The van der Waals surface area contributed by atoms with E-state index in [0.29, 0.717) is 11.3 Å². The van der Waals surface area contributed by atoms with Gasteiger partial charge in [-0.3, -0.25) is 4.79 Å². The maximum absolute atomic E-state index is 12.0. The van der Waals surface area contributed by atoms with Crippen molar-refractivity contribution in [2.24, 2.45) is 0 Å². The lowest BCUT2D eigenvalue weighted by Crippen LogP contribution is -1.98. The zero-order valence-electron chi connectivity index (χ0n) is 12.0. The van der Waals surface area contributed by atoms with Gasteiger partial charge in [-0.2, -0.15) is 0 Å². The first kappa shape index (κ1) is 14.7. The summed E-state index contributed by atoms with van der Waals surface area (Å²) in [7, 11) is 3.17. The molecule has 0 radical (unpaired) electrons. The van der Waals surface area contributed by atoms with Crippen molar-refractivity contribution in [2.75, 3.05) is 19.5 Å². The third kappa shape index (κ3) is 3.86. The molecular weight excluding hydrogens is 266 g/mol. The van der Waals surface area contributed by atoms with Crippen LogP contribution in [0.1, 0.15) is 10.4 Å². The van der Waals surface area contributed by atoms with Gasteiger partial charge in [0.1, 0.15) is 11.5 Å². The number of ether oxygens (including phenoxy) is 2. The minimum Gasteiger partial charge on any atom is -0.497 e. The molecule has 0 atom stereocenters. The quantitative estimate of drug-likeness (QED) is 0.651. The maximum atomic E-state index is 12.0. The van der Waals surface area contributed by atoms with Crippen molar-refractivity contribution in [1.82, 2.24) is 0 Å². The zero-order valence-corrected chi connectivity index (χ0v) is 12.0. The van der Waals surface area contributed by atoms with Crippen molar-refractivity contribution < 1.29 is 14.3 Å². The Morgan fingerprint density at radius 2 is 1.86 bits per heavy atom. The van der Waals surface area contributed by atoms with Crippen molar-refractivity contribution in [3.63, 3.8) is 0 Å². The number of ketones is 1. The third-order valence-corrected chi connectivity index (χ3v) is 2.93. The van der Waals surface area contributed by atoms with Gasteiger partial charge in [-0.05, 0) is 24.3 Å². The van der Waals surface area contributed by atoms with Gasteiger partial charge in [-0.25, -0.2) is 0 Å². The summed E-state index contributed by atoms with van der Waals surface area (Å²) in [6.07, 6.45) is 3.07. The van der Waals surface area contributed by atoms with E-state index in [1.54, 1.807) is 44.7 Å². The van der Waals surface area contributed by atoms with Gasteiger partial charge in [0.2, 0.25) is 0 Å². The molecular formula is C17H17NO3. The number of methoxy groups -OCH3 is 2. The molecule has 4 heteroatoms. The van der Waals surface area contributed by atoms with Crippen LogP contribution in [-0.4, -0.2) is 20.0 Å². The molecule has 2 rings (SSSR count). The molecule has 0 aliphatic carbocycles. The standard InChI is InChI=1S/C17H17NO3/c1-20-14-7-5-6-13(12-14)16(19)10-11-18-15-8-3-4-9-17(15)21-2/h3-12,18H,1-2H3/b11-10+. The Bertz CT molecular complexity index is 650. The SMILES string of the molecule is COc1cccc(C(=O)/C=C/Nc2ccccc2OC)c1. The summed E-state index contributed by atoms with van der Waals surface area (Å²) in [5.74, 6) is 1.28. The van der Waals surface area contributed by atoms with Gasteiger partial charge in [0.05, 0.1) is 19.9 Å². The molecule has 0 heterocycles. The maximum Gasteiger partial charge on any atom is 0.187 e. The average Bonchev–Trinajstić information content (AvgIpc) is 2.55. The van der Waals surface area contributed by atoms with E-state index in [2.05, 4.69) is 5.32 Å². The molecule has 21 heavy (non-hydrogen) atoms. The van der Waals surface area contributed by atoms with Crippen LogP contribution in [0.2, 0.25) is 0 Å². The highest BCUT2D eigenvalue weighted by atomic mass is 16.5. The Morgan fingerprint density at radius 3 is 2.62 bits per heavy atom. The van der Waals surface area contributed by atoms with Crippen molar-refractivity contribution in [3.8, 4) is 11.5 Å². The zero-order chi connectivity index (χ0) is 15.1. The molecule has 0 bridgehead atoms. The normalized spacial score (nSPS) is 10.4. The summed E-state index contributed by atoms with van der Waals surface area (Å²) < 4.78 is 10.3. The van der Waals surface area contributed by atoms with E-state index in [-0.39, 0.29) is 5.78 Å². The number of carbonyl (C=O) groups is 1. The first-order chi connectivity index (χ1) is 10.2. The van der Waals surface area contributed by atoms with Gasteiger partial charge in [0.25, 0.3) is 0 Å². The molecule has 0 saturated heterocycles. The number of nitrogens with one attached hydrogen (secondary N) is 1. The minimum absolute atomic E-state index is 0.101. The summed E-state index contributed by atoms with van der Waals surface area (Å²) in [6.45, 7) is 0. The first-order valence-electron chi connectivity index (χ1n) is 6.49. The predicted octanol–water partition coefficient (Wildman–Crippen LogP) is 3.51. The largest absolute Gasteiger partial charge is 0.497 e. The van der Waals surface area contributed by atoms with Crippen molar-refractivity contribution >= 4 is 11.5 Å². The summed E-state index contributed by atoms with van der Waals surface area (Å²) in [5.41, 5.74) is 1.38. The van der Waals surface area contributed by atoms with Crippen LogP contribution < -0.4 is 14.8 Å². The minimum atomic E-state index is -0.101. The van der Waals surface area contributed by atoms with Gasteiger partial charge >= 0.3 is 0 Å². The van der Waals surface area contributed by atoms with E-state index < -0.39 is 0 Å². The predicted molar refractivity (Wildman–Crippen MR) is 83.1 cm³/mol. The molecule has 108 valence electrons. The van der Waals surface area contributed by atoms with Crippen LogP contribution in [0.15, 0.2) is 60.8 Å². The van der Waals surface area contributed by atoms with E-state index in [1.807, 2.05) is 24.3 Å². The Morgan fingerprint density at radius 1 is 1.05 bits per heavy atom. The smallest absolute Gasteiger partial charge is 0.187 e. The molecule has 0 spiro atoms. The van der Waals surface area contributed by atoms with E-state index in [4.69, 9.17) is 9.47 Å². The van der Waals surface area contributed by atoms with Crippen LogP contribution in [0.5, 0.6) is 11.5 Å². The van der Waals surface area contributed by atoms with Gasteiger partial charge in [-0.15, -0.1) is 0 Å². The van der Waals surface area contributed by atoms with E-state index in [9.17, 15) is 4.79 Å². The Kier molecular flexibility index (Phi) is 4.99. The number of carbonyl (C=O) groups excluding carboxylic acids is 1. The molecule has 2 aromatic carbocycles. The molecule has 1 N–H and O–H groups in total. The topological polar surface area (TPSA) is 47.6 Å². The second-order valence-electron chi connectivity index (χ2n) is 4.27. The van der Waals surface area contributed by atoms with E-state index in [0.717, 1.165) is 11.4 Å². The molecule has 0 aliphatic heterocycles. The third-order valence-electron chi connectivity index (χ3n) is 2.93. The second kappa shape index (κ2) is 7.14. The number of hydrogen-bond donors (Lipinski definition) is 1. The molecule has 0 amide bonds. The van der Waals surface area contributed by atoms with Crippen LogP contribution in [0, 0.1) is 0 Å². The highest BCUT2D eigenvalue weighted by molar-refractivity contribution is 6.04. The number of anilines is 1. The van der Waals surface area contributed by atoms with E-state index in [1.165, 1.54) is 6.08 Å². The number of rotatable bonds is 6. The lowest BCUT2D eigenvalue weighted by molar-refractivity contribution is 0.104. The van der Waals surface area contributed by atoms with Gasteiger partial charge in [0.15, 0.2) is 5.78 Å². The Balaban J connectivity index is 2.05. The molecule has 0 unspecified atom stereocenters. The lowest BCUT2D eigenvalue weighted by Gasteiger charge is -2.07. The molecule has 0 aromatic heterocycles. The molecule has 0 fully saturated rings. The number of para-hydroxylation sites is 2. The second-order valence-corrected chi connectivity index (χ2v) is 4.27. The fraction of sp³-hybridized carbons (Fsp3) is 0.118. The van der Waals surface area contributed by atoms with Crippen LogP contribution in [0.25, 0.3) is 0 Å². The highest BCUT2D eigenvalue weighted by Crippen LogP contribution is 2.22. The van der Waals surface area contributed by atoms with Crippen molar-refractivity contribution in [3.05, 3.63) is 66.4 Å². The van der Waals surface area contributed by atoms with E-state index >= 15 is 0 Å². The van der Waals surface area contributed by atoms with Gasteiger partial charge in [-0.1, -0.05) is 24.3 Å². The summed E-state index contributed by atoms with van der Waals surface area (Å²) in [5, 5.41) is 3.04. The van der Waals surface area contributed by atoms with Gasteiger partial charge in [0, 0.05) is 17.8 Å². The van der Waals surface area contributed by atoms with Crippen LogP contribution >= 0.6 is 0 Å². The molecule has 2 aromatic rings. The number of allylic oxidation sites excluding steroid dienone is 1. The number of hydrogen-bond acceptors (Lipinski definition) is 4. The van der Waals surface area contributed by atoms with Crippen LogP contribution in [0.3, 0.4) is 0 Å². The van der Waals surface area contributed by atoms with Crippen molar-refractivity contribution in [2.45, 2.75) is 0 Å². The molecule has 4 nitrogen and oxygen atoms in total. The summed E-state index contributed by atoms with van der Waals surface area (Å²) >= 11 is 0. The van der Waals surface area contributed by atoms with Crippen LogP contribution in [-0.2, 0) is 0 Å². The summed E-state index contributed by atoms with van der Waals surface area (Å²) in [6, 6.07) is 14.5. The lowest BCUT2D eigenvalue weighted by atomic mass is 10.1. The average molecular weight is 283 g/mol. The number of benzene rings is 2. The Hall–Kier alpha value is -2.75. The monoisotopic (exact) mass is 283 g/mol. The molecule has 0 saturated carbocycles.